The Bertz CT molecular complexity index is 2260. The number of aromatic amines is 1. The smallest absolute Gasteiger partial charge is 0.345 e. The summed E-state index contributed by atoms with van der Waals surface area (Å²) in [6.45, 7) is 0.781. The van der Waals surface area contributed by atoms with Gasteiger partial charge in [0.1, 0.15) is 5.75 Å². The zero-order valence-electron chi connectivity index (χ0n) is 26.4. The number of hydrogen-bond donors (Lipinski definition) is 7. The Labute approximate surface area is 295 Å². The Morgan fingerprint density at radius 1 is 0.880 bits per heavy atom. The van der Waals surface area contributed by atoms with Crippen molar-refractivity contribution in [3.63, 3.8) is 0 Å². The Morgan fingerprint density at radius 3 is 2.42 bits per heavy atom. The van der Waals surface area contributed by atoms with Crippen LogP contribution in [-0.2, 0) is 23.5 Å². The van der Waals surface area contributed by atoms with Crippen LogP contribution in [-0.4, -0.2) is 43.8 Å². The summed E-state index contributed by atoms with van der Waals surface area (Å²) in [5.74, 6) is -1.81. The van der Waals surface area contributed by atoms with E-state index < -0.39 is 17.7 Å². The number of aliphatic hydroxyl groups is 2. The van der Waals surface area contributed by atoms with Crippen LogP contribution in [0.3, 0.4) is 0 Å². The van der Waals surface area contributed by atoms with Crippen molar-refractivity contribution in [2.75, 3.05) is 6.54 Å². The minimum absolute atomic E-state index is 0.0838. The number of H-pyrrole nitrogens is 1. The first-order chi connectivity index (χ1) is 24.0. The zero-order valence-corrected chi connectivity index (χ0v) is 28.0. The zero-order chi connectivity index (χ0) is 35.4. The van der Waals surface area contributed by atoms with Gasteiger partial charge in [-0.3, -0.25) is 9.59 Å². The summed E-state index contributed by atoms with van der Waals surface area (Å²) in [5, 5.41) is 49.0. The molecule has 2 unspecified atom stereocenters. The Kier molecular flexibility index (Phi) is 10.1. The number of benzene rings is 4. The molecule has 10 nitrogen and oxygen atoms in total. The molecule has 0 aliphatic heterocycles. The maximum absolute atomic E-state index is 13.0. The molecule has 254 valence electrons. The predicted molar refractivity (Wildman–Crippen MR) is 192 cm³/mol. The fourth-order valence-electron chi connectivity index (χ4n) is 5.75. The molecule has 0 saturated carbocycles. The van der Waals surface area contributed by atoms with Crippen LogP contribution in [0.1, 0.15) is 43.6 Å². The second kappa shape index (κ2) is 14.7. The molecule has 6 rings (SSSR count). The molecule has 0 bridgehead atoms. The standard InChI is InChI=1S/C38H32ClN3O7S/c39-30-17-22(19-40-21-32(44)27-12-14-31(43)35-28(27)13-16-34(45)42-35)9-11-29(30)36(46)41-20-26-10-15-33(50-26)23-5-4-8-25(18-23)38(49,37(47)48)24-6-2-1-3-7-24/h1-18,32,40,43-44,49H,19-21H2,(H,41,46)(H,42,45)(H,47,48). The van der Waals surface area contributed by atoms with Crippen molar-refractivity contribution in [2.24, 2.45) is 0 Å². The minimum Gasteiger partial charge on any atom is -0.506 e. The molecule has 0 aliphatic carbocycles. The maximum atomic E-state index is 13.0. The number of phenols is 1. The van der Waals surface area contributed by atoms with Gasteiger partial charge in [0.2, 0.25) is 11.2 Å². The third-order valence-electron chi connectivity index (χ3n) is 8.36. The molecule has 2 heterocycles. The average molecular weight is 710 g/mol. The van der Waals surface area contributed by atoms with Crippen molar-refractivity contribution in [1.29, 1.82) is 0 Å². The number of phenolic OH excluding ortho intramolecular Hbond substituents is 1. The van der Waals surface area contributed by atoms with Crippen LogP contribution in [0.25, 0.3) is 21.3 Å². The minimum atomic E-state index is -2.22. The van der Waals surface area contributed by atoms with Crippen LogP contribution in [0.5, 0.6) is 5.75 Å². The number of rotatable bonds is 12. The quantitative estimate of drug-likeness (QED) is 0.0850. The number of pyridine rings is 1. The maximum Gasteiger partial charge on any atom is 0.345 e. The van der Waals surface area contributed by atoms with Crippen molar-refractivity contribution in [1.82, 2.24) is 15.6 Å². The van der Waals surface area contributed by atoms with Gasteiger partial charge in [0.05, 0.1) is 28.8 Å². The summed E-state index contributed by atoms with van der Waals surface area (Å²) in [6.07, 6.45) is -0.923. The summed E-state index contributed by atoms with van der Waals surface area (Å²) >= 11 is 7.92. The molecule has 0 radical (unpaired) electrons. The highest BCUT2D eigenvalue weighted by atomic mass is 35.5. The van der Waals surface area contributed by atoms with Crippen molar-refractivity contribution in [3.05, 3.63) is 157 Å². The number of carboxylic acid groups (broad SMARTS) is 1. The molecule has 0 aliphatic rings. The van der Waals surface area contributed by atoms with E-state index in [1.165, 1.54) is 23.5 Å². The molecular formula is C38H32ClN3O7S. The van der Waals surface area contributed by atoms with Crippen molar-refractivity contribution < 1.29 is 30.0 Å². The molecule has 2 aromatic heterocycles. The van der Waals surface area contributed by atoms with E-state index in [4.69, 9.17) is 11.6 Å². The van der Waals surface area contributed by atoms with E-state index in [9.17, 15) is 34.8 Å². The normalized spacial score (nSPS) is 13.1. The predicted octanol–water partition coefficient (Wildman–Crippen LogP) is 5.69. The topological polar surface area (TPSA) is 172 Å². The number of aromatic nitrogens is 1. The lowest BCUT2D eigenvalue weighted by molar-refractivity contribution is -0.155. The number of carbonyl (C=O) groups excluding carboxylic acids is 1. The van der Waals surface area contributed by atoms with Crippen molar-refractivity contribution >= 4 is 45.7 Å². The van der Waals surface area contributed by atoms with Crippen LogP contribution in [0.15, 0.2) is 114 Å². The molecule has 50 heavy (non-hydrogen) atoms. The largest absolute Gasteiger partial charge is 0.506 e. The highest BCUT2D eigenvalue weighted by Gasteiger charge is 2.40. The second-order valence-electron chi connectivity index (χ2n) is 11.7. The molecule has 0 fully saturated rings. The molecule has 0 spiro atoms. The average Bonchev–Trinajstić information content (AvgIpc) is 3.60. The summed E-state index contributed by atoms with van der Waals surface area (Å²) in [6, 6.07) is 29.8. The number of thiophene rings is 1. The van der Waals surface area contributed by atoms with Crippen LogP contribution >= 0.6 is 22.9 Å². The summed E-state index contributed by atoms with van der Waals surface area (Å²) < 4.78 is 0. The van der Waals surface area contributed by atoms with Gasteiger partial charge in [0.15, 0.2) is 0 Å². The summed E-state index contributed by atoms with van der Waals surface area (Å²) in [4.78, 5) is 41.2. The number of aromatic hydroxyl groups is 1. The second-order valence-corrected chi connectivity index (χ2v) is 13.2. The lowest BCUT2D eigenvalue weighted by Crippen LogP contribution is -2.36. The van der Waals surface area contributed by atoms with Gasteiger partial charge in [-0.05, 0) is 64.7 Å². The molecule has 0 saturated heterocycles. The highest BCUT2D eigenvalue weighted by molar-refractivity contribution is 7.15. The monoisotopic (exact) mass is 709 g/mol. The fourth-order valence-corrected chi connectivity index (χ4v) is 6.98. The van der Waals surface area contributed by atoms with Gasteiger partial charge in [0.25, 0.3) is 5.91 Å². The van der Waals surface area contributed by atoms with E-state index in [-0.39, 0.29) is 52.0 Å². The van der Waals surface area contributed by atoms with Gasteiger partial charge in [0, 0.05) is 39.9 Å². The van der Waals surface area contributed by atoms with Gasteiger partial charge in [-0.2, -0.15) is 0 Å². The summed E-state index contributed by atoms with van der Waals surface area (Å²) in [7, 11) is 0. The number of hydrogen-bond acceptors (Lipinski definition) is 8. The lowest BCUT2D eigenvalue weighted by atomic mass is 9.85. The van der Waals surface area contributed by atoms with E-state index in [0.29, 0.717) is 23.1 Å². The third-order valence-corrected chi connectivity index (χ3v) is 9.81. The number of aliphatic hydroxyl groups excluding tert-OH is 1. The molecule has 6 aromatic rings. The fraction of sp³-hybridized carbons (Fsp3) is 0.132. The van der Waals surface area contributed by atoms with E-state index in [1.807, 2.05) is 18.2 Å². The molecule has 7 N–H and O–H groups in total. The third kappa shape index (κ3) is 7.18. The number of amides is 1. The molecule has 12 heteroatoms. The van der Waals surface area contributed by atoms with Crippen molar-refractivity contribution in [3.8, 4) is 16.2 Å². The highest BCUT2D eigenvalue weighted by Crippen LogP contribution is 2.35. The Balaban J connectivity index is 1.06. The van der Waals surface area contributed by atoms with Crippen LogP contribution in [0.4, 0.5) is 0 Å². The number of carbonyl (C=O) groups is 2. The molecular weight excluding hydrogens is 678 g/mol. The number of aliphatic carboxylic acids is 1. The van der Waals surface area contributed by atoms with Gasteiger partial charge < -0.3 is 36.0 Å². The lowest BCUT2D eigenvalue weighted by Gasteiger charge is -2.25. The van der Waals surface area contributed by atoms with Crippen LogP contribution in [0, 0.1) is 0 Å². The van der Waals surface area contributed by atoms with E-state index in [1.54, 1.807) is 78.9 Å². The van der Waals surface area contributed by atoms with Gasteiger partial charge in [-0.25, -0.2) is 4.79 Å². The molecule has 4 aromatic carbocycles. The number of fused-ring (bicyclic) bond motifs is 1. The van der Waals surface area contributed by atoms with Gasteiger partial charge in [-0.1, -0.05) is 72.3 Å². The van der Waals surface area contributed by atoms with Crippen molar-refractivity contribution in [2.45, 2.75) is 24.8 Å². The first-order valence-corrected chi connectivity index (χ1v) is 16.7. The van der Waals surface area contributed by atoms with Crippen LogP contribution in [0.2, 0.25) is 5.02 Å². The van der Waals surface area contributed by atoms with E-state index >= 15 is 0 Å². The van der Waals surface area contributed by atoms with Gasteiger partial charge >= 0.3 is 5.97 Å². The van der Waals surface area contributed by atoms with Crippen LogP contribution < -0.4 is 16.2 Å². The van der Waals surface area contributed by atoms with Gasteiger partial charge in [-0.15, -0.1) is 11.3 Å². The molecule has 2 atom stereocenters. The first-order valence-electron chi connectivity index (χ1n) is 15.6. The van der Waals surface area contributed by atoms with E-state index in [0.717, 1.165) is 20.9 Å². The first kappa shape index (κ1) is 34.6. The number of carboxylic acids is 1. The van der Waals surface area contributed by atoms with E-state index in [2.05, 4.69) is 15.6 Å². The Morgan fingerprint density at radius 2 is 1.66 bits per heavy atom. The number of nitrogens with one attached hydrogen (secondary N) is 3. The SMILES string of the molecule is O=C(NCc1ccc(-c2cccc(C(O)(C(=O)O)c3ccccc3)c2)s1)c1ccc(CNCC(O)c2ccc(O)c3[nH]c(=O)ccc23)cc1Cl. The Hall–Kier alpha value is -5.30. The molecule has 1 amide bonds. The number of halogens is 1. The summed E-state index contributed by atoms with van der Waals surface area (Å²) in [5.41, 5.74) is 0.541.